The molecule has 0 aromatic carbocycles. The van der Waals surface area contributed by atoms with Crippen molar-refractivity contribution in [2.45, 2.75) is 153 Å². The molecule has 1 unspecified atom stereocenters. The van der Waals surface area contributed by atoms with Crippen LogP contribution >= 0.6 is 0 Å². The number of carbonyl (C=O) groups is 5. The molecule has 4 rings (SSSR count). The van der Waals surface area contributed by atoms with Gasteiger partial charge in [0, 0.05) is 19.9 Å². The van der Waals surface area contributed by atoms with Gasteiger partial charge in [-0.25, -0.2) is 13.2 Å². The van der Waals surface area contributed by atoms with Crippen LogP contribution in [0.3, 0.4) is 0 Å². The maximum Gasteiger partial charge on any atom is 0.315 e. The van der Waals surface area contributed by atoms with Crippen LogP contribution < -0.4 is 16.0 Å². The quantitative estimate of drug-likeness (QED) is 0.189. The summed E-state index contributed by atoms with van der Waals surface area (Å²) in [4.78, 5) is 67.8. The Hall–Kier alpha value is -2.54. The van der Waals surface area contributed by atoms with Crippen LogP contribution in [0.5, 0.6) is 0 Å². The van der Waals surface area contributed by atoms with Gasteiger partial charge in [0.1, 0.15) is 12.1 Å². The van der Waals surface area contributed by atoms with Crippen molar-refractivity contribution in [1.29, 1.82) is 0 Å². The number of nitrogens with one attached hydrogen (secondary N) is 3. The first-order chi connectivity index (χ1) is 22.7. The normalized spacial score (nSPS) is 24.7. The second-order valence-corrected chi connectivity index (χ2v) is 17.7. The third kappa shape index (κ3) is 10.5. The first-order valence-corrected chi connectivity index (χ1v) is 20.1. The molecule has 0 bridgehead atoms. The molecule has 4 N–H and O–H groups in total. The summed E-state index contributed by atoms with van der Waals surface area (Å²) in [5.74, 6) is -2.21. The molecular weight excluding hydrogens is 636 g/mol. The van der Waals surface area contributed by atoms with Gasteiger partial charge in [-0.3, -0.25) is 19.2 Å². The number of likely N-dealkylation sites (tertiary alicyclic amines) is 1. The van der Waals surface area contributed by atoms with Crippen LogP contribution in [0.2, 0.25) is 0 Å². The number of hydrogen-bond acceptors (Lipinski definition) is 8. The highest BCUT2D eigenvalue weighted by Crippen LogP contribution is 2.33. The van der Waals surface area contributed by atoms with Crippen molar-refractivity contribution in [1.82, 2.24) is 20.9 Å². The predicted octanol–water partition coefficient (Wildman–Crippen LogP) is 3.19. The zero-order chi connectivity index (χ0) is 35.1. The van der Waals surface area contributed by atoms with Gasteiger partial charge in [-0.15, -0.1) is 0 Å². The van der Waals surface area contributed by atoms with Gasteiger partial charge >= 0.3 is 6.03 Å². The van der Waals surface area contributed by atoms with Gasteiger partial charge in [0.15, 0.2) is 15.6 Å². The van der Waals surface area contributed by atoms with Crippen molar-refractivity contribution in [2.75, 3.05) is 18.1 Å². The SMILES string of the molecule is CC(=O)C(=O)C(CC1CCC1)NC(=O)[C@@H]1C[C@@H](O)CN1C(=O)[C@@H](NC(=O)NC1(CS(=O)(=O)CCC(C)C)CCCCC1)C1CCCCC1. The number of carbonyl (C=O) groups excluding carboxylic acids is 5. The van der Waals surface area contributed by atoms with Crippen molar-refractivity contribution < 1.29 is 37.5 Å². The van der Waals surface area contributed by atoms with Crippen LogP contribution in [-0.2, 0) is 29.0 Å². The summed E-state index contributed by atoms with van der Waals surface area (Å²) in [6.45, 7) is 5.04. The zero-order valence-electron chi connectivity index (χ0n) is 29.1. The van der Waals surface area contributed by atoms with E-state index >= 15 is 0 Å². The molecule has 0 aromatic heterocycles. The molecule has 1 heterocycles. The Balaban J connectivity index is 1.51. The van der Waals surface area contributed by atoms with Gasteiger partial charge in [0.05, 0.1) is 29.2 Å². The first-order valence-electron chi connectivity index (χ1n) is 18.3. The number of ketones is 2. The maximum atomic E-state index is 14.3. The fourth-order valence-electron chi connectivity index (χ4n) is 8.00. The van der Waals surface area contributed by atoms with Crippen molar-refractivity contribution in [3.63, 3.8) is 0 Å². The van der Waals surface area contributed by atoms with E-state index in [-0.39, 0.29) is 42.2 Å². The van der Waals surface area contributed by atoms with E-state index in [0.29, 0.717) is 38.5 Å². The lowest BCUT2D eigenvalue weighted by Crippen LogP contribution is -2.62. The molecule has 12 nitrogen and oxygen atoms in total. The minimum Gasteiger partial charge on any atom is -0.391 e. The molecule has 1 saturated heterocycles. The Bertz CT molecular complexity index is 1270. The lowest BCUT2D eigenvalue weighted by molar-refractivity contribution is -0.143. The Morgan fingerprint density at radius 3 is 2.12 bits per heavy atom. The fourth-order valence-corrected chi connectivity index (χ4v) is 10.2. The number of Topliss-reactive ketones (excluding diaryl/α,β-unsaturated/α-hetero) is 2. The van der Waals surface area contributed by atoms with E-state index in [0.717, 1.165) is 57.8 Å². The van der Waals surface area contributed by atoms with E-state index in [1.54, 1.807) is 0 Å². The monoisotopic (exact) mass is 694 g/mol. The Labute approximate surface area is 286 Å². The van der Waals surface area contributed by atoms with E-state index < -0.39 is 69.0 Å². The van der Waals surface area contributed by atoms with E-state index in [9.17, 15) is 37.5 Å². The van der Waals surface area contributed by atoms with Crippen LogP contribution in [0.25, 0.3) is 0 Å². The highest BCUT2D eigenvalue weighted by Gasteiger charge is 2.45. The number of aliphatic hydroxyl groups is 1. The average molecular weight is 695 g/mol. The van der Waals surface area contributed by atoms with Crippen LogP contribution in [0.15, 0.2) is 0 Å². The summed E-state index contributed by atoms with van der Waals surface area (Å²) >= 11 is 0. The number of sulfone groups is 1. The smallest absolute Gasteiger partial charge is 0.315 e. The van der Waals surface area contributed by atoms with Crippen molar-refractivity contribution in [2.24, 2.45) is 17.8 Å². The second kappa shape index (κ2) is 16.9. The maximum absolute atomic E-state index is 14.3. The highest BCUT2D eigenvalue weighted by molar-refractivity contribution is 7.91. The highest BCUT2D eigenvalue weighted by atomic mass is 32.2. The second-order valence-electron chi connectivity index (χ2n) is 15.5. The molecule has 1 aliphatic heterocycles. The number of hydrogen-bond donors (Lipinski definition) is 4. The molecule has 4 aliphatic rings. The number of β-amino-alcohol motifs (C(OH)–C–C–N with tert-alkyl or cyclic N) is 1. The molecule has 272 valence electrons. The Morgan fingerprint density at radius 1 is 0.896 bits per heavy atom. The lowest BCUT2D eigenvalue weighted by Gasteiger charge is -2.39. The van der Waals surface area contributed by atoms with Crippen molar-refractivity contribution in [3.8, 4) is 0 Å². The van der Waals surface area contributed by atoms with Gasteiger partial charge in [0.25, 0.3) is 0 Å². The molecule has 4 amide bonds. The van der Waals surface area contributed by atoms with E-state index in [2.05, 4.69) is 16.0 Å². The van der Waals surface area contributed by atoms with Crippen LogP contribution in [0.1, 0.15) is 124 Å². The lowest BCUT2D eigenvalue weighted by atomic mass is 9.80. The molecule has 0 radical (unpaired) electrons. The van der Waals surface area contributed by atoms with Crippen LogP contribution in [-0.4, -0.2) is 95.7 Å². The van der Waals surface area contributed by atoms with Crippen LogP contribution in [0.4, 0.5) is 4.79 Å². The molecule has 13 heteroatoms. The van der Waals surface area contributed by atoms with Gasteiger partial charge in [-0.1, -0.05) is 71.6 Å². The van der Waals surface area contributed by atoms with Gasteiger partial charge < -0.3 is 26.0 Å². The summed E-state index contributed by atoms with van der Waals surface area (Å²) in [7, 11) is -3.44. The van der Waals surface area contributed by atoms with Gasteiger partial charge in [-0.2, -0.15) is 0 Å². The van der Waals surface area contributed by atoms with Gasteiger partial charge in [-0.05, 0) is 56.3 Å². The average Bonchev–Trinajstić information content (AvgIpc) is 3.41. The van der Waals surface area contributed by atoms with Crippen molar-refractivity contribution in [3.05, 3.63) is 0 Å². The predicted molar refractivity (Wildman–Crippen MR) is 182 cm³/mol. The third-order valence-corrected chi connectivity index (χ3v) is 12.9. The molecular formula is C35H58N4O8S. The van der Waals surface area contributed by atoms with Gasteiger partial charge in [0.2, 0.25) is 17.6 Å². The summed E-state index contributed by atoms with van der Waals surface area (Å²) in [6, 6.07) is -3.64. The van der Waals surface area contributed by atoms with Crippen molar-refractivity contribution >= 4 is 39.2 Å². The van der Waals surface area contributed by atoms with E-state index in [1.807, 2.05) is 13.8 Å². The summed E-state index contributed by atoms with van der Waals surface area (Å²) in [5.41, 5.74) is -0.927. The largest absolute Gasteiger partial charge is 0.391 e. The topological polar surface area (TPSA) is 179 Å². The van der Waals surface area contributed by atoms with Crippen LogP contribution in [0, 0.1) is 17.8 Å². The molecule has 3 aliphatic carbocycles. The minimum absolute atomic E-state index is 0.0249. The zero-order valence-corrected chi connectivity index (χ0v) is 30.0. The molecule has 3 saturated carbocycles. The fraction of sp³-hybridized carbons (Fsp3) is 0.857. The molecule has 4 fully saturated rings. The van der Waals surface area contributed by atoms with E-state index in [4.69, 9.17) is 0 Å². The Morgan fingerprint density at radius 2 is 1.54 bits per heavy atom. The molecule has 0 aromatic rings. The number of aliphatic hydroxyl groups excluding tert-OH is 1. The first kappa shape index (κ1) is 38.3. The number of amides is 4. The number of rotatable bonds is 15. The van der Waals surface area contributed by atoms with E-state index in [1.165, 1.54) is 11.8 Å². The number of urea groups is 1. The third-order valence-electron chi connectivity index (χ3n) is 11.0. The minimum atomic E-state index is -3.44. The summed E-state index contributed by atoms with van der Waals surface area (Å²) < 4.78 is 26.3. The molecule has 4 atom stereocenters. The summed E-state index contributed by atoms with van der Waals surface area (Å²) in [5, 5.41) is 19.3. The Kier molecular flexibility index (Phi) is 13.5. The standard InChI is InChI=1S/C35H58N4O8S/c1-23(2)15-18-48(46,47)22-35(16-8-5-9-17-35)38-34(45)37-30(26-13-6-4-7-14-26)33(44)39-21-27(41)20-29(39)32(43)36-28(31(42)24(3)40)19-25-11-10-12-25/h23,25-30,41H,4-22H2,1-3H3,(H,36,43)(H2,37,38,45)/t27-,28?,29+,30+/m1/s1. The molecule has 48 heavy (non-hydrogen) atoms. The molecule has 0 spiro atoms. The summed E-state index contributed by atoms with van der Waals surface area (Å²) in [6.07, 6.45) is 10.6. The number of nitrogens with zero attached hydrogens (tertiary/aromatic N) is 1.